The third-order valence-corrected chi connectivity index (χ3v) is 5.84. The minimum atomic E-state index is -0.257. The molecule has 3 aromatic carbocycles. The van der Waals surface area contributed by atoms with Gasteiger partial charge in [0.05, 0.1) is 0 Å². The number of benzene rings is 3. The molecule has 0 bridgehead atoms. The lowest BCUT2D eigenvalue weighted by Crippen LogP contribution is -2.34. The first-order chi connectivity index (χ1) is 15.6. The van der Waals surface area contributed by atoms with Crippen LogP contribution in [0.4, 0.5) is 5.69 Å². The fraction of sp³-hybridized carbons (Fsp3) is 0.222. The van der Waals surface area contributed by atoms with Crippen molar-refractivity contribution in [3.05, 3.63) is 82.9 Å². The molecule has 4 rings (SSSR count). The predicted molar refractivity (Wildman–Crippen MR) is 138 cm³/mol. The summed E-state index contributed by atoms with van der Waals surface area (Å²) in [7, 11) is 0. The highest BCUT2D eigenvalue weighted by Gasteiger charge is 2.15. The normalized spacial score (nSPS) is 11.4. The Morgan fingerprint density at radius 3 is 2.33 bits per heavy atom. The molecule has 0 saturated heterocycles. The van der Waals surface area contributed by atoms with Crippen LogP contribution in [0.1, 0.15) is 47.8 Å². The Hall–Kier alpha value is -3.51. The maximum Gasteiger partial charge on any atom is 0.257 e. The predicted octanol–water partition coefficient (Wildman–Crippen LogP) is 6.54. The second-order valence-corrected chi connectivity index (χ2v) is 9.64. The Morgan fingerprint density at radius 2 is 1.67 bits per heavy atom. The van der Waals surface area contributed by atoms with Crippen molar-refractivity contribution in [2.24, 2.45) is 0 Å². The molecule has 0 spiro atoms. The molecule has 5 nitrogen and oxygen atoms in total. The third-order valence-electron chi connectivity index (χ3n) is 5.64. The molecule has 0 fully saturated rings. The lowest BCUT2D eigenvalue weighted by atomic mass is 9.87. The minimum Gasteiger partial charge on any atom is -0.436 e. The highest BCUT2D eigenvalue weighted by atomic mass is 32.1. The van der Waals surface area contributed by atoms with Gasteiger partial charge < -0.3 is 9.73 Å². The van der Waals surface area contributed by atoms with Gasteiger partial charge in [0.2, 0.25) is 5.89 Å². The van der Waals surface area contributed by atoms with Crippen LogP contribution in [-0.2, 0) is 5.41 Å². The zero-order valence-electron chi connectivity index (χ0n) is 19.4. The zero-order chi connectivity index (χ0) is 23.8. The van der Waals surface area contributed by atoms with Gasteiger partial charge in [-0.05, 0) is 90.6 Å². The second-order valence-electron chi connectivity index (χ2n) is 9.24. The average Bonchev–Trinajstić information content (AvgIpc) is 3.18. The smallest absolute Gasteiger partial charge is 0.257 e. The van der Waals surface area contributed by atoms with E-state index in [0.29, 0.717) is 22.6 Å². The summed E-state index contributed by atoms with van der Waals surface area (Å²) in [6, 6.07) is 19.2. The number of hydrogen-bond donors (Lipinski definition) is 2. The maximum absolute atomic E-state index is 12.6. The molecule has 0 radical (unpaired) electrons. The van der Waals surface area contributed by atoms with Crippen molar-refractivity contribution in [1.29, 1.82) is 0 Å². The number of carbonyl (C=O) groups is 1. The Labute approximate surface area is 199 Å². The molecule has 33 heavy (non-hydrogen) atoms. The molecule has 1 heterocycles. The second kappa shape index (κ2) is 8.79. The van der Waals surface area contributed by atoms with Crippen molar-refractivity contribution >= 4 is 40.0 Å². The van der Waals surface area contributed by atoms with Crippen LogP contribution in [-0.4, -0.2) is 16.0 Å². The van der Waals surface area contributed by atoms with Gasteiger partial charge in [0.15, 0.2) is 10.7 Å². The van der Waals surface area contributed by atoms with Crippen LogP contribution in [0.25, 0.3) is 22.6 Å². The van der Waals surface area contributed by atoms with Gasteiger partial charge in [-0.15, -0.1) is 0 Å². The van der Waals surface area contributed by atoms with Crippen LogP contribution in [0, 0.1) is 13.8 Å². The number of oxazole rings is 1. The van der Waals surface area contributed by atoms with Gasteiger partial charge in [-0.3, -0.25) is 10.1 Å². The summed E-state index contributed by atoms with van der Waals surface area (Å²) in [6.07, 6.45) is 0. The number of thiocarbonyl (C=S) groups is 1. The molecule has 4 aromatic rings. The van der Waals surface area contributed by atoms with Crippen molar-refractivity contribution in [3.8, 4) is 11.5 Å². The molecule has 0 aliphatic carbocycles. The Balaban J connectivity index is 1.45. The summed E-state index contributed by atoms with van der Waals surface area (Å²) in [5.74, 6) is 0.312. The van der Waals surface area contributed by atoms with Gasteiger partial charge in [-0.2, -0.15) is 0 Å². The van der Waals surface area contributed by atoms with E-state index < -0.39 is 0 Å². The number of nitrogens with one attached hydrogen (secondary N) is 2. The van der Waals surface area contributed by atoms with Crippen LogP contribution >= 0.6 is 12.2 Å². The van der Waals surface area contributed by atoms with E-state index in [0.717, 1.165) is 11.3 Å². The van der Waals surface area contributed by atoms with Crippen molar-refractivity contribution < 1.29 is 9.21 Å². The van der Waals surface area contributed by atoms with Crippen LogP contribution in [0.5, 0.6) is 0 Å². The average molecular weight is 458 g/mol. The number of nitrogens with zero attached hydrogens (tertiary/aromatic N) is 1. The minimum absolute atomic E-state index is 0.0315. The van der Waals surface area contributed by atoms with E-state index in [1.54, 1.807) is 0 Å². The fourth-order valence-corrected chi connectivity index (χ4v) is 3.67. The number of carbonyl (C=O) groups excluding carboxylic acids is 1. The molecule has 0 unspecified atom stereocenters. The van der Waals surface area contributed by atoms with E-state index in [4.69, 9.17) is 16.6 Å². The Kier molecular flexibility index (Phi) is 6.04. The van der Waals surface area contributed by atoms with E-state index in [1.165, 1.54) is 16.7 Å². The quantitative estimate of drug-likeness (QED) is 0.342. The van der Waals surface area contributed by atoms with Crippen molar-refractivity contribution in [1.82, 2.24) is 10.3 Å². The Morgan fingerprint density at radius 1 is 0.939 bits per heavy atom. The molecule has 6 heteroatoms. The molecule has 0 saturated carbocycles. The maximum atomic E-state index is 12.6. The first kappa shape index (κ1) is 22.7. The summed E-state index contributed by atoms with van der Waals surface area (Å²) in [4.78, 5) is 17.2. The van der Waals surface area contributed by atoms with Gasteiger partial charge in [0.25, 0.3) is 5.91 Å². The first-order valence-corrected chi connectivity index (χ1v) is 11.2. The Bertz CT molecular complexity index is 1350. The summed E-state index contributed by atoms with van der Waals surface area (Å²) in [5, 5.41) is 6.00. The summed E-state index contributed by atoms with van der Waals surface area (Å²) in [6.45, 7) is 10.6. The number of aromatic nitrogens is 1. The lowest BCUT2D eigenvalue weighted by molar-refractivity contribution is 0.0977. The van der Waals surface area contributed by atoms with Crippen LogP contribution < -0.4 is 10.6 Å². The molecule has 0 aliphatic heterocycles. The van der Waals surface area contributed by atoms with E-state index in [9.17, 15) is 4.79 Å². The highest BCUT2D eigenvalue weighted by molar-refractivity contribution is 7.80. The molecule has 168 valence electrons. The standard InChI is InChI=1S/C27H27N3O2S/c1-16-6-7-19(14-17(16)2)25-29-22-15-21(12-13-23(22)32-25)28-26(33)30-24(31)18-8-10-20(11-9-18)27(3,4)5/h6-15H,1-5H3,(H2,28,30,31,33). The zero-order valence-corrected chi connectivity index (χ0v) is 20.3. The molecular weight excluding hydrogens is 430 g/mol. The topological polar surface area (TPSA) is 67.2 Å². The number of amides is 1. The summed E-state index contributed by atoms with van der Waals surface area (Å²) in [5.41, 5.74) is 7.21. The number of fused-ring (bicyclic) bond motifs is 1. The summed E-state index contributed by atoms with van der Waals surface area (Å²) >= 11 is 5.34. The fourth-order valence-electron chi connectivity index (χ4n) is 3.46. The van der Waals surface area contributed by atoms with Gasteiger partial charge >= 0.3 is 0 Å². The number of anilines is 1. The van der Waals surface area contributed by atoms with E-state index in [1.807, 2.05) is 48.5 Å². The molecule has 0 atom stereocenters. The number of hydrogen-bond acceptors (Lipinski definition) is 4. The molecule has 1 aromatic heterocycles. The third kappa shape index (κ3) is 5.12. The molecule has 2 N–H and O–H groups in total. The van der Waals surface area contributed by atoms with Gasteiger partial charge in [0.1, 0.15) is 5.52 Å². The number of aryl methyl sites for hydroxylation is 2. The van der Waals surface area contributed by atoms with Gasteiger partial charge in [0, 0.05) is 16.8 Å². The van der Waals surface area contributed by atoms with Gasteiger partial charge in [-0.1, -0.05) is 39.0 Å². The number of rotatable bonds is 3. The molecular formula is C27H27N3O2S. The van der Waals surface area contributed by atoms with E-state index >= 15 is 0 Å². The van der Waals surface area contributed by atoms with Crippen LogP contribution in [0.2, 0.25) is 0 Å². The van der Waals surface area contributed by atoms with E-state index in [2.05, 4.69) is 62.4 Å². The summed E-state index contributed by atoms with van der Waals surface area (Å²) < 4.78 is 5.92. The van der Waals surface area contributed by atoms with Crippen molar-refractivity contribution in [3.63, 3.8) is 0 Å². The molecule has 0 aliphatic rings. The lowest BCUT2D eigenvalue weighted by Gasteiger charge is -2.19. The van der Waals surface area contributed by atoms with Crippen molar-refractivity contribution in [2.45, 2.75) is 40.0 Å². The largest absolute Gasteiger partial charge is 0.436 e. The van der Waals surface area contributed by atoms with Crippen molar-refractivity contribution in [2.75, 3.05) is 5.32 Å². The van der Waals surface area contributed by atoms with Crippen LogP contribution in [0.15, 0.2) is 65.1 Å². The van der Waals surface area contributed by atoms with Crippen LogP contribution in [0.3, 0.4) is 0 Å². The van der Waals surface area contributed by atoms with Gasteiger partial charge in [-0.25, -0.2) is 4.98 Å². The SMILES string of the molecule is Cc1ccc(-c2nc3cc(NC(=S)NC(=O)c4ccc(C(C)(C)C)cc4)ccc3o2)cc1C. The first-order valence-electron chi connectivity index (χ1n) is 10.8. The monoisotopic (exact) mass is 457 g/mol. The highest BCUT2D eigenvalue weighted by Crippen LogP contribution is 2.27. The van der Waals surface area contributed by atoms with E-state index in [-0.39, 0.29) is 16.4 Å². The molecule has 1 amide bonds.